The summed E-state index contributed by atoms with van der Waals surface area (Å²) in [6, 6.07) is 0. The molecule has 2 aromatic heterocycles. The van der Waals surface area contributed by atoms with Crippen molar-refractivity contribution >= 4 is 22.2 Å². The van der Waals surface area contributed by atoms with Crippen LogP contribution in [0.1, 0.15) is 37.8 Å². The van der Waals surface area contributed by atoms with Gasteiger partial charge in [0, 0.05) is 30.0 Å². The standard InChI is InChI=1S/C13H18N4OS/c18-12(10-4-2-1-3-5-10)14-7-6-11-8-19-13-16-15-9-17(11)13/h8-10H,1-7H2,(H,14,18). The lowest BCUT2D eigenvalue weighted by atomic mass is 9.89. The molecule has 1 aliphatic carbocycles. The Morgan fingerprint density at radius 1 is 1.42 bits per heavy atom. The van der Waals surface area contributed by atoms with Crippen LogP contribution >= 0.6 is 11.3 Å². The number of carbonyl (C=O) groups is 1. The van der Waals surface area contributed by atoms with E-state index in [9.17, 15) is 4.79 Å². The van der Waals surface area contributed by atoms with Crippen LogP contribution in [0, 0.1) is 5.92 Å². The number of aromatic nitrogens is 3. The Balaban J connectivity index is 1.50. The summed E-state index contributed by atoms with van der Waals surface area (Å²) in [4.78, 5) is 12.9. The van der Waals surface area contributed by atoms with E-state index in [-0.39, 0.29) is 11.8 Å². The molecule has 102 valence electrons. The molecule has 6 heteroatoms. The summed E-state index contributed by atoms with van der Waals surface area (Å²) in [6.07, 6.45) is 8.35. The Labute approximate surface area is 116 Å². The zero-order valence-electron chi connectivity index (χ0n) is 10.8. The highest BCUT2D eigenvalue weighted by Crippen LogP contribution is 2.23. The summed E-state index contributed by atoms with van der Waals surface area (Å²) < 4.78 is 1.98. The van der Waals surface area contributed by atoms with Gasteiger partial charge in [-0.3, -0.25) is 9.20 Å². The van der Waals surface area contributed by atoms with Gasteiger partial charge in [0.1, 0.15) is 6.33 Å². The second-order valence-electron chi connectivity index (χ2n) is 5.09. The molecule has 0 spiro atoms. The second kappa shape index (κ2) is 5.69. The lowest BCUT2D eigenvalue weighted by Crippen LogP contribution is -2.33. The predicted octanol–water partition coefficient (Wildman–Crippen LogP) is 2.03. The van der Waals surface area contributed by atoms with Crippen molar-refractivity contribution < 1.29 is 4.79 Å². The Kier molecular flexibility index (Phi) is 3.77. The molecule has 1 saturated carbocycles. The molecule has 0 saturated heterocycles. The quantitative estimate of drug-likeness (QED) is 0.931. The van der Waals surface area contributed by atoms with Crippen LogP contribution in [-0.4, -0.2) is 27.0 Å². The molecular formula is C13H18N4OS. The molecule has 3 rings (SSSR count). The highest BCUT2D eigenvalue weighted by atomic mass is 32.1. The number of nitrogens with zero attached hydrogens (tertiary/aromatic N) is 3. The van der Waals surface area contributed by atoms with E-state index in [1.807, 2.05) is 4.40 Å². The van der Waals surface area contributed by atoms with Crippen molar-refractivity contribution in [2.24, 2.45) is 5.92 Å². The molecule has 0 atom stereocenters. The van der Waals surface area contributed by atoms with Crippen LogP contribution in [0.25, 0.3) is 4.96 Å². The first-order valence-corrected chi connectivity index (χ1v) is 7.76. The topological polar surface area (TPSA) is 59.3 Å². The first-order valence-electron chi connectivity index (χ1n) is 6.88. The van der Waals surface area contributed by atoms with Gasteiger partial charge in [-0.2, -0.15) is 0 Å². The van der Waals surface area contributed by atoms with Crippen molar-refractivity contribution in [2.45, 2.75) is 38.5 Å². The fourth-order valence-electron chi connectivity index (χ4n) is 2.68. The molecular weight excluding hydrogens is 260 g/mol. The van der Waals surface area contributed by atoms with Gasteiger partial charge in [0.2, 0.25) is 10.9 Å². The van der Waals surface area contributed by atoms with Crippen LogP contribution in [0.4, 0.5) is 0 Å². The minimum atomic E-state index is 0.231. The molecule has 0 bridgehead atoms. The largest absolute Gasteiger partial charge is 0.355 e. The molecule has 19 heavy (non-hydrogen) atoms. The smallest absolute Gasteiger partial charge is 0.223 e. The molecule has 0 unspecified atom stereocenters. The van der Waals surface area contributed by atoms with E-state index in [2.05, 4.69) is 20.9 Å². The summed E-state index contributed by atoms with van der Waals surface area (Å²) in [5.74, 6) is 0.473. The Morgan fingerprint density at radius 3 is 3.11 bits per heavy atom. The van der Waals surface area contributed by atoms with Gasteiger partial charge in [-0.1, -0.05) is 19.3 Å². The molecule has 5 nitrogen and oxygen atoms in total. The van der Waals surface area contributed by atoms with Crippen LogP contribution in [0.5, 0.6) is 0 Å². The Hall–Kier alpha value is -1.43. The van der Waals surface area contributed by atoms with Gasteiger partial charge >= 0.3 is 0 Å². The van der Waals surface area contributed by atoms with E-state index >= 15 is 0 Å². The Morgan fingerprint density at radius 2 is 2.26 bits per heavy atom. The zero-order chi connectivity index (χ0) is 13.1. The number of carbonyl (C=O) groups excluding carboxylic acids is 1. The Bertz CT molecular complexity index is 556. The molecule has 1 fully saturated rings. The van der Waals surface area contributed by atoms with Gasteiger partial charge in [0.25, 0.3) is 0 Å². The van der Waals surface area contributed by atoms with Gasteiger partial charge < -0.3 is 5.32 Å². The van der Waals surface area contributed by atoms with Crippen LogP contribution in [0.3, 0.4) is 0 Å². The molecule has 1 amide bonds. The van der Waals surface area contributed by atoms with Gasteiger partial charge in [-0.05, 0) is 12.8 Å². The lowest BCUT2D eigenvalue weighted by molar-refractivity contribution is -0.125. The number of thiazole rings is 1. The summed E-state index contributed by atoms with van der Waals surface area (Å²) >= 11 is 1.58. The van der Waals surface area contributed by atoms with Crippen molar-refractivity contribution in [1.29, 1.82) is 0 Å². The van der Waals surface area contributed by atoms with E-state index in [1.165, 1.54) is 19.3 Å². The maximum Gasteiger partial charge on any atom is 0.223 e. The monoisotopic (exact) mass is 278 g/mol. The molecule has 0 aromatic carbocycles. The normalized spacial score (nSPS) is 16.8. The average Bonchev–Trinajstić information content (AvgIpc) is 3.04. The summed E-state index contributed by atoms with van der Waals surface area (Å²) in [5.41, 5.74) is 1.16. The van der Waals surface area contributed by atoms with Crippen LogP contribution < -0.4 is 5.32 Å². The van der Waals surface area contributed by atoms with Crippen molar-refractivity contribution in [3.63, 3.8) is 0 Å². The summed E-state index contributed by atoms with van der Waals surface area (Å²) in [7, 11) is 0. The number of fused-ring (bicyclic) bond motifs is 1. The van der Waals surface area contributed by atoms with Crippen LogP contribution in [0.15, 0.2) is 11.7 Å². The number of hydrogen-bond acceptors (Lipinski definition) is 4. The minimum Gasteiger partial charge on any atom is -0.355 e. The third-order valence-electron chi connectivity index (χ3n) is 3.78. The summed E-state index contributed by atoms with van der Waals surface area (Å²) in [6.45, 7) is 0.694. The molecule has 1 aliphatic rings. The average molecular weight is 278 g/mol. The van der Waals surface area contributed by atoms with Crippen LogP contribution in [-0.2, 0) is 11.2 Å². The first kappa shape index (κ1) is 12.6. The zero-order valence-corrected chi connectivity index (χ0v) is 11.7. The second-order valence-corrected chi connectivity index (χ2v) is 5.92. The third-order valence-corrected chi connectivity index (χ3v) is 4.66. The number of rotatable bonds is 4. The first-order chi connectivity index (χ1) is 9.34. The van der Waals surface area contributed by atoms with Crippen molar-refractivity contribution in [1.82, 2.24) is 19.9 Å². The highest BCUT2D eigenvalue weighted by molar-refractivity contribution is 7.15. The molecule has 0 radical (unpaired) electrons. The summed E-state index contributed by atoms with van der Waals surface area (Å²) in [5, 5.41) is 13.0. The van der Waals surface area contributed by atoms with Crippen LogP contribution in [0.2, 0.25) is 0 Å². The van der Waals surface area contributed by atoms with E-state index in [0.717, 1.165) is 29.9 Å². The van der Waals surface area contributed by atoms with Gasteiger partial charge in [0.05, 0.1) is 0 Å². The van der Waals surface area contributed by atoms with Gasteiger partial charge in [-0.15, -0.1) is 21.5 Å². The molecule has 2 heterocycles. The molecule has 2 aromatic rings. The SMILES string of the molecule is O=C(NCCc1csc2nncn12)C1CCCCC1. The number of amides is 1. The van der Waals surface area contributed by atoms with Gasteiger partial charge in [0.15, 0.2) is 0 Å². The van der Waals surface area contributed by atoms with E-state index < -0.39 is 0 Å². The fraction of sp³-hybridized carbons (Fsp3) is 0.615. The van der Waals surface area contributed by atoms with Crippen molar-refractivity contribution in [3.05, 3.63) is 17.4 Å². The van der Waals surface area contributed by atoms with Crippen molar-refractivity contribution in [3.8, 4) is 0 Å². The van der Waals surface area contributed by atoms with Gasteiger partial charge in [-0.25, -0.2) is 0 Å². The maximum absolute atomic E-state index is 12.0. The molecule has 1 N–H and O–H groups in total. The maximum atomic E-state index is 12.0. The number of hydrogen-bond donors (Lipinski definition) is 1. The third kappa shape index (κ3) is 2.78. The minimum absolute atomic E-state index is 0.231. The van der Waals surface area contributed by atoms with E-state index in [1.54, 1.807) is 17.7 Å². The number of nitrogens with one attached hydrogen (secondary N) is 1. The molecule has 0 aliphatic heterocycles. The van der Waals surface area contributed by atoms with E-state index in [4.69, 9.17) is 0 Å². The highest BCUT2D eigenvalue weighted by Gasteiger charge is 2.20. The van der Waals surface area contributed by atoms with Crippen molar-refractivity contribution in [2.75, 3.05) is 6.54 Å². The fourth-order valence-corrected chi connectivity index (χ4v) is 3.53. The predicted molar refractivity (Wildman–Crippen MR) is 74.2 cm³/mol. The van der Waals surface area contributed by atoms with E-state index in [0.29, 0.717) is 6.54 Å². The lowest BCUT2D eigenvalue weighted by Gasteiger charge is -2.20.